The minimum absolute atomic E-state index is 0.177. The molecule has 0 aliphatic heterocycles. The molecule has 6 heteroatoms. The highest BCUT2D eigenvalue weighted by Crippen LogP contribution is 2.29. The molecule has 3 rings (SSSR count). The molecule has 0 spiro atoms. The van der Waals surface area contributed by atoms with Crippen LogP contribution in [0.1, 0.15) is 11.1 Å². The number of benzene rings is 2. The van der Waals surface area contributed by atoms with Gasteiger partial charge < -0.3 is 14.0 Å². The molecule has 1 amide bonds. The average Bonchev–Trinajstić information content (AvgIpc) is 2.94. The van der Waals surface area contributed by atoms with E-state index in [0.29, 0.717) is 4.80 Å². The monoisotopic (exact) mass is 356 g/mol. The lowest BCUT2D eigenvalue weighted by atomic mass is 10.1. The molecule has 0 N–H and O–H groups in total. The highest BCUT2D eigenvalue weighted by molar-refractivity contribution is 7.16. The number of amides is 1. The first-order chi connectivity index (χ1) is 12.0. The van der Waals surface area contributed by atoms with Crippen LogP contribution in [-0.4, -0.2) is 24.7 Å². The lowest BCUT2D eigenvalue weighted by Gasteiger charge is -2.05. The predicted octanol–water partition coefficient (Wildman–Crippen LogP) is 3.24. The summed E-state index contributed by atoms with van der Waals surface area (Å²) in [6.07, 6.45) is 0.258. The summed E-state index contributed by atoms with van der Waals surface area (Å²) < 4.78 is 13.6. The molecule has 2 aromatic carbocycles. The highest BCUT2D eigenvalue weighted by Gasteiger charge is 2.12. The molecule has 25 heavy (non-hydrogen) atoms. The predicted molar refractivity (Wildman–Crippen MR) is 99.4 cm³/mol. The van der Waals surface area contributed by atoms with Gasteiger partial charge in [-0.2, -0.15) is 4.99 Å². The largest absolute Gasteiger partial charge is 0.497 e. The van der Waals surface area contributed by atoms with E-state index >= 15 is 0 Å². The number of carbonyl (C=O) groups excluding carboxylic acids is 1. The van der Waals surface area contributed by atoms with Crippen molar-refractivity contribution < 1.29 is 14.3 Å². The first-order valence-electron chi connectivity index (χ1n) is 7.87. The number of hydrogen-bond acceptors (Lipinski definition) is 4. The van der Waals surface area contributed by atoms with E-state index in [-0.39, 0.29) is 12.3 Å². The first kappa shape index (κ1) is 17.2. The lowest BCUT2D eigenvalue weighted by molar-refractivity contribution is -0.117. The number of aryl methyl sites for hydroxylation is 2. The van der Waals surface area contributed by atoms with Gasteiger partial charge in [-0.15, -0.1) is 0 Å². The van der Waals surface area contributed by atoms with Crippen LogP contribution in [0.25, 0.3) is 10.2 Å². The zero-order valence-electron chi connectivity index (χ0n) is 14.7. The fourth-order valence-corrected chi connectivity index (χ4v) is 3.80. The Labute approximate surface area is 150 Å². The van der Waals surface area contributed by atoms with Crippen LogP contribution >= 0.6 is 11.3 Å². The molecule has 0 saturated carbocycles. The Morgan fingerprint density at radius 1 is 1.12 bits per heavy atom. The van der Waals surface area contributed by atoms with Gasteiger partial charge in [-0.05, 0) is 36.2 Å². The molecule has 1 aromatic heterocycles. The van der Waals surface area contributed by atoms with Gasteiger partial charge >= 0.3 is 0 Å². The molecule has 0 bridgehead atoms. The number of aromatic nitrogens is 1. The summed E-state index contributed by atoms with van der Waals surface area (Å²) in [7, 11) is 5.17. The first-order valence-corrected chi connectivity index (χ1v) is 8.68. The van der Waals surface area contributed by atoms with Gasteiger partial charge in [-0.1, -0.05) is 29.5 Å². The third-order valence-electron chi connectivity index (χ3n) is 4.06. The van der Waals surface area contributed by atoms with Gasteiger partial charge in [0.15, 0.2) is 4.80 Å². The number of carbonyl (C=O) groups is 1. The van der Waals surface area contributed by atoms with Crippen LogP contribution in [0.15, 0.2) is 41.4 Å². The molecule has 0 atom stereocenters. The normalized spacial score (nSPS) is 11.8. The summed E-state index contributed by atoms with van der Waals surface area (Å²) in [6, 6.07) is 11.4. The summed E-state index contributed by atoms with van der Waals surface area (Å²) in [6.45, 7) is 2.04. The van der Waals surface area contributed by atoms with Gasteiger partial charge in [-0.3, -0.25) is 4.79 Å². The standard InChI is InChI=1S/C19H20N2O3S/c1-12-5-10-15(24-4)17-18(12)25-19(21(17)2)20-16(22)11-13-6-8-14(23-3)9-7-13/h5-10H,11H2,1-4H3. The molecular weight excluding hydrogens is 336 g/mol. The van der Waals surface area contributed by atoms with Gasteiger partial charge in [0, 0.05) is 7.05 Å². The second-order valence-corrected chi connectivity index (χ2v) is 6.71. The topological polar surface area (TPSA) is 52.8 Å². The number of methoxy groups -OCH3 is 2. The molecule has 5 nitrogen and oxygen atoms in total. The molecule has 1 heterocycles. The maximum Gasteiger partial charge on any atom is 0.252 e. The molecular formula is C19H20N2O3S. The molecule has 0 aliphatic carbocycles. The number of fused-ring (bicyclic) bond motifs is 1. The van der Waals surface area contributed by atoms with E-state index in [1.165, 1.54) is 11.3 Å². The van der Waals surface area contributed by atoms with Crippen molar-refractivity contribution in [1.29, 1.82) is 0 Å². The van der Waals surface area contributed by atoms with Crippen LogP contribution in [0.3, 0.4) is 0 Å². The molecule has 0 radical (unpaired) electrons. The van der Waals surface area contributed by atoms with Crippen LogP contribution in [0.4, 0.5) is 0 Å². The van der Waals surface area contributed by atoms with E-state index < -0.39 is 0 Å². The SMILES string of the molecule is COc1ccc(CC(=O)N=c2sc3c(C)ccc(OC)c3n2C)cc1. The second-order valence-electron chi connectivity index (χ2n) is 5.74. The van der Waals surface area contributed by atoms with Crippen molar-refractivity contribution in [1.82, 2.24) is 4.57 Å². The van der Waals surface area contributed by atoms with Crippen molar-refractivity contribution in [2.24, 2.45) is 12.0 Å². The van der Waals surface area contributed by atoms with E-state index in [0.717, 1.165) is 32.8 Å². The average molecular weight is 356 g/mol. The minimum atomic E-state index is -0.177. The van der Waals surface area contributed by atoms with Crippen LogP contribution < -0.4 is 14.3 Å². The lowest BCUT2D eigenvalue weighted by Crippen LogP contribution is -2.14. The number of hydrogen-bond donors (Lipinski definition) is 0. The smallest absolute Gasteiger partial charge is 0.252 e. The summed E-state index contributed by atoms with van der Waals surface area (Å²) >= 11 is 1.50. The zero-order chi connectivity index (χ0) is 18.0. The Bertz CT molecular complexity index is 984. The Kier molecular flexibility index (Phi) is 4.90. The minimum Gasteiger partial charge on any atom is -0.497 e. The van der Waals surface area contributed by atoms with Crippen LogP contribution in [0.2, 0.25) is 0 Å². The molecule has 0 fully saturated rings. The zero-order valence-corrected chi connectivity index (χ0v) is 15.5. The van der Waals surface area contributed by atoms with Gasteiger partial charge in [0.05, 0.1) is 25.3 Å². The van der Waals surface area contributed by atoms with E-state index in [2.05, 4.69) is 4.99 Å². The quantitative estimate of drug-likeness (QED) is 0.721. The van der Waals surface area contributed by atoms with Crippen molar-refractivity contribution in [2.75, 3.05) is 14.2 Å². The molecule has 0 saturated heterocycles. The van der Waals surface area contributed by atoms with Crippen LogP contribution in [-0.2, 0) is 18.3 Å². The van der Waals surface area contributed by atoms with Gasteiger partial charge in [0.2, 0.25) is 0 Å². The molecule has 3 aromatic rings. The second kappa shape index (κ2) is 7.11. The van der Waals surface area contributed by atoms with Gasteiger partial charge in [-0.25, -0.2) is 0 Å². The molecule has 0 unspecified atom stereocenters. The Hall–Kier alpha value is -2.60. The third-order valence-corrected chi connectivity index (χ3v) is 5.33. The highest BCUT2D eigenvalue weighted by atomic mass is 32.1. The summed E-state index contributed by atoms with van der Waals surface area (Å²) in [4.78, 5) is 17.3. The number of thiazole rings is 1. The van der Waals surface area contributed by atoms with Crippen molar-refractivity contribution >= 4 is 27.5 Å². The molecule has 0 aliphatic rings. The van der Waals surface area contributed by atoms with E-state index in [1.807, 2.05) is 54.9 Å². The maximum absolute atomic E-state index is 12.4. The fourth-order valence-electron chi connectivity index (χ4n) is 2.68. The van der Waals surface area contributed by atoms with E-state index in [1.54, 1.807) is 14.2 Å². The van der Waals surface area contributed by atoms with Crippen LogP contribution in [0, 0.1) is 6.92 Å². The summed E-state index contributed by atoms with van der Waals surface area (Å²) in [5, 5.41) is 0. The van der Waals surface area contributed by atoms with Crippen molar-refractivity contribution in [3.63, 3.8) is 0 Å². The Morgan fingerprint density at radius 2 is 1.84 bits per heavy atom. The summed E-state index contributed by atoms with van der Waals surface area (Å²) in [5.74, 6) is 1.37. The fraction of sp³-hybridized carbons (Fsp3) is 0.263. The van der Waals surface area contributed by atoms with Crippen molar-refractivity contribution in [2.45, 2.75) is 13.3 Å². The summed E-state index contributed by atoms with van der Waals surface area (Å²) in [5.41, 5.74) is 3.01. The Balaban J connectivity index is 1.96. The van der Waals surface area contributed by atoms with E-state index in [9.17, 15) is 4.79 Å². The van der Waals surface area contributed by atoms with E-state index in [4.69, 9.17) is 9.47 Å². The maximum atomic E-state index is 12.4. The van der Waals surface area contributed by atoms with Crippen molar-refractivity contribution in [3.05, 3.63) is 52.3 Å². The Morgan fingerprint density at radius 3 is 2.48 bits per heavy atom. The number of rotatable bonds is 4. The number of nitrogens with zero attached hydrogens (tertiary/aromatic N) is 2. The van der Waals surface area contributed by atoms with Gasteiger partial charge in [0.25, 0.3) is 5.91 Å². The van der Waals surface area contributed by atoms with Crippen LogP contribution in [0.5, 0.6) is 11.5 Å². The third kappa shape index (κ3) is 3.44. The van der Waals surface area contributed by atoms with Gasteiger partial charge in [0.1, 0.15) is 17.0 Å². The number of ether oxygens (including phenoxy) is 2. The molecule has 130 valence electrons. The van der Waals surface area contributed by atoms with Crippen molar-refractivity contribution in [3.8, 4) is 11.5 Å².